The number of hydrogen-bond donors (Lipinski definition) is 1. The lowest BCUT2D eigenvalue weighted by molar-refractivity contribution is -0.0223. The van der Waals surface area contributed by atoms with Crippen LogP contribution in [0.15, 0.2) is 18.3 Å². The van der Waals surface area contributed by atoms with E-state index in [0.29, 0.717) is 11.5 Å². The standard InChI is InChI=1S/C12H12F2N4O2/c13-12(14)2-5-17(6-3-12)11-16-9(10(19)20)7-8-1-4-15-18(8)11/h1,4,7H,2-3,5-6H2,(H,19,20). The van der Waals surface area contributed by atoms with Gasteiger partial charge >= 0.3 is 5.97 Å². The van der Waals surface area contributed by atoms with Crippen molar-refractivity contribution >= 4 is 17.4 Å². The number of aromatic nitrogens is 3. The fourth-order valence-electron chi connectivity index (χ4n) is 2.27. The van der Waals surface area contributed by atoms with E-state index in [0.717, 1.165) is 0 Å². The molecule has 0 atom stereocenters. The molecule has 106 valence electrons. The van der Waals surface area contributed by atoms with E-state index in [1.807, 2.05) is 0 Å². The second kappa shape index (κ2) is 4.39. The average molecular weight is 282 g/mol. The Morgan fingerprint density at radius 1 is 1.35 bits per heavy atom. The minimum Gasteiger partial charge on any atom is -0.477 e. The number of carboxylic acids is 1. The van der Waals surface area contributed by atoms with E-state index >= 15 is 0 Å². The van der Waals surface area contributed by atoms with Crippen LogP contribution in [0.2, 0.25) is 0 Å². The van der Waals surface area contributed by atoms with Crippen molar-refractivity contribution in [2.75, 3.05) is 18.0 Å². The zero-order valence-electron chi connectivity index (χ0n) is 10.5. The third-order valence-electron chi connectivity index (χ3n) is 3.36. The molecule has 0 aliphatic carbocycles. The van der Waals surface area contributed by atoms with E-state index in [2.05, 4.69) is 10.1 Å². The van der Waals surface area contributed by atoms with Gasteiger partial charge in [0, 0.05) is 25.9 Å². The molecule has 1 aliphatic heterocycles. The molecular weight excluding hydrogens is 270 g/mol. The number of hydrogen-bond acceptors (Lipinski definition) is 4. The number of rotatable bonds is 2. The molecule has 0 unspecified atom stereocenters. The molecule has 3 heterocycles. The minimum absolute atomic E-state index is 0.120. The Balaban J connectivity index is 2.02. The third-order valence-corrected chi connectivity index (χ3v) is 3.36. The van der Waals surface area contributed by atoms with Gasteiger partial charge in [-0.25, -0.2) is 23.1 Å². The van der Waals surface area contributed by atoms with Gasteiger partial charge in [-0.3, -0.25) is 0 Å². The van der Waals surface area contributed by atoms with Gasteiger partial charge in [0.2, 0.25) is 5.95 Å². The van der Waals surface area contributed by atoms with Crippen LogP contribution in [0.5, 0.6) is 0 Å². The highest BCUT2D eigenvalue weighted by atomic mass is 19.3. The first-order valence-corrected chi connectivity index (χ1v) is 6.17. The highest BCUT2D eigenvalue weighted by molar-refractivity contribution is 5.87. The maximum atomic E-state index is 13.2. The quantitative estimate of drug-likeness (QED) is 0.907. The lowest BCUT2D eigenvalue weighted by Gasteiger charge is -2.32. The lowest BCUT2D eigenvalue weighted by Crippen LogP contribution is -2.40. The Morgan fingerprint density at radius 2 is 2.05 bits per heavy atom. The first-order valence-electron chi connectivity index (χ1n) is 6.17. The molecule has 0 spiro atoms. The summed E-state index contributed by atoms with van der Waals surface area (Å²) < 4.78 is 27.9. The highest BCUT2D eigenvalue weighted by Gasteiger charge is 2.35. The monoisotopic (exact) mass is 282 g/mol. The predicted octanol–water partition coefficient (Wildman–Crippen LogP) is 1.66. The van der Waals surface area contributed by atoms with Crippen LogP contribution in [-0.4, -0.2) is 44.7 Å². The molecule has 20 heavy (non-hydrogen) atoms. The Morgan fingerprint density at radius 3 is 2.70 bits per heavy atom. The summed E-state index contributed by atoms with van der Waals surface area (Å²) >= 11 is 0. The zero-order valence-corrected chi connectivity index (χ0v) is 10.5. The molecule has 1 saturated heterocycles. The minimum atomic E-state index is -2.66. The van der Waals surface area contributed by atoms with Crippen molar-refractivity contribution in [1.82, 2.24) is 14.6 Å². The molecule has 2 aromatic heterocycles. The second-order valence-electron chi connectivity index (χ2n) is 4.76. The number of carbonyl (C=O) groups is 1. The maximum Gasteiger partial charge on any atom is 0.354 e. The highest BCUT2D eigenvalue weighted by Crippen LogP contribution is 2.30. The summed E-state index contributed by atoms with van der Waals surface area (Å²) in [5.41, 5.74) is 0.454. The molecule has 8 heteroatoms. The summed E-state index contributed by atoms with van der Waals surface area (Å²) in [5.74, 6) is -3.53. The van der Waals surface area contributed by atoms with Crippen LogP contribution in [0.4, 0.5) is 14.7 Å². The molecule has 0 saturated carbocycles. The summed E-state index contributed by atoms with van der Waals surface area (Å²) in [4.78, 5) is 16.7. The molecule has 0 aromatic carbocycles. The molecule has 1 N–H and O–H groups in total. The largest absolute Gasteiger partial charge is 0.477 e. The fraction of sp³-hybridized carbons (Fsp3) is 0.417. The van der Waals surface area contributed by atoms with E-state index in [-0.39, 0.29) is 31.6 Å². The lowest BCUT2D eigenvalue weighted by atomic mass is 10.1. The van der Waals surface area contributed by atoms with E-state index in [9.17, 15) is 13.6 Å². The normalized spacial score (nSPS) is 18.4. The van der Waals surface area contributed by atoms with Gasteiger partial charge in [0.15, 0.2) is 5.69 Å². The van der Waals surface area contributed by atoms with Gasteiger partial charge in [0.25, 0.3) is 5.92 Å². The summed E-state index contributed by atoms with van der Waals surface area (Å²) in [6.45, 7) is 0.246. The molecule has 0 amide bonds. The second-order valence-corrected chi connectivity index (χ2v) is 4.76. The topological polar surface area (TPSA) is 70.7 Å². The van der Waals surface area contributed by atoms with Gasteiger partial charge in [0.1, 0.15) is 0 Å². The molecule has 0 bridgehead atoms. The molecule has 1 fully saturated rings. The van der Waals surface area contributed by atoms with Crippen molar-refractivity contribution in [3.05, 3.63) is 24.0 Å². The van der Waals surface area contributed by atoms with Crippen LogP contribution in [0, 0.1) is 0 Å². The number of aromatic carboxylic acids is 1. The average Bonchev–Trinajstić information content (AvgIpc) is 2.85. The van der Waals surface area contributed by atoms with Crippen LogP contribution in [0.25, 0.3) is 5.52 Å². The SMILES string of the molecule is O=C(O)c1cc2ccnn2c(N2CCC(F)(F)CC2)n1. The van der Waals surface area contributed by atoms with Gasteiger partial charge in [-0.15, -0.1) is 0 Å². The first-order chi connectivity index (χ1) is 9.46. The molecule has 2 aromatic rings. The summed E-state index contributed by atoms with van der Waals surface area (Å²) in [6.07, 6.45) is 0.980. The van der Waals surface area contributed by atoms with Crippen molar-refractivity contribution in [2.24, 2.45) is 0 Å². The summed E-state index contributed by atoms with van der Waals surface area (Å²) in [5, 5.41) is 13.1. The summed E-state index contributed by atoms with van der Waals surface area (Å²) in [7, 11) is 0. The van der Waals surface area contributed by atoms with Crippen LogP contribution >= 0.6 is 0 Å². The molecule has 0 radical (unpaired) electrons. The number of alkyl halides is 2. The number of piperidine rings is 1. The first kappa shape index (κ1) is 12.8. The smallest absolute Gasteiger partial charge is 0.354 e. The fourth-order valence-corrected chi connectivity index (χ4v) is 2.27. The van der Waals surface area contributed by atoms with Crippen molar-refractivity contribution in [2.45, 2.75) is 18.8 Å². The Hall–Kier alpha value is -2.25. The molecule has 6 nitrogen and oxygen atoms in total. The van der Waals surface area contributed by atoms with E-state index in [1.165, 1.54) is 16.8 Å². The van der Waals surface area contributed by atoms with E-state index < -0.39 is 11.9 Å². The Labute approximate surface area is 112 Å². The number of fused-ring (bicyclic) bond motifs is 1. The van der Waals surface area contributed by atoms with Crippen LogP contribution < -0.4 is 4.90 Å². The van der Waals surface area contributed by atoms with Crippen molar-refractivity contribution < 1.29 is 18.7 Å². The predicted molar refractivity (Wildman–Crippen MR) is 66.3 cm³/mol. The number of nitrogens with zero attached hydrogens (tertiary/aromatic N) is 4. The zero-order chi connectivity index (χ0) is 14.3. The van der Waals surface area contributed by atoms with E-state index in [1.54, 1.807) is 11.0 Å². The number of anilines is 1. The van der Waals surface area contributed by atoms with Crippen LogP contribution in [0.1, 0.15) is 23.3 Å². The number of carboxylic acid groups (broad SMARTS) is 1. The Kier molecular flexibility index (Phi) is 2.81. The third kappa shape index (κ3) is 2.17. The van der Waals surface area contributed by atoms with Crippen molar-refractivity contribution in [1.29, 1.82) is 0 Å². The van der Waals surface area contributed by atoms with Crippen molar-refractivity contribution in [3.8, 4) is 0 Å². The number of halogens is 2. The summed E-state index contributed by atoms with van der Waals surface area (Å²) in [6, 6.07) is 3.05. The maximum absolute atomic E-state index is 13.2. The molecule has 3 rings (SSSR count). The molecular formula is C12H12F2N4O2. The molecule has 1 aliphatic rings. The van der Waals surface area contributed by atoms with Crippen LogP contribution in [-0.2, 0) is 0 Å². The van der Waals surface area contributed by atoms with Crippen LogP contribution in [0.3, 0.4) is 0 Å². The van der Waals surface area contributed by atoms with Crippen molar-refractivity contribution in [3.63, 3.8) is 0 Å². The van der Waals surface area contributed by atoms with Gasteiger partial charge in [-0.05, 0) is 12.1 Å². The van der Waals surface area contributed by atoms with E-state index in [4.69, 9.17) is 5.11 Å². The van der Waals surface area contributed by atoms with Gasteiger partial charge in [-0.1, -0.05) is 0 Å². The van der Waals surface area contributed by atoms with Gasteiger partial charge < -0.3 is 10.0 Å². The Bertz CT molecular complexity index is 661. The van der Waals surface area contributed by atoms with Gasteiger partial charge in [-0.2, -0.15) is 5.10 Å². The van der Waals surface area contributed by atoms with Gasteiger partial charge in [0.05, 0.1) is 11.7 Å².